The molecule has 1 amide bonds. The first kappa shape index (κ1) is 29.0. The molecule has 1 atom stereocenters. The van der Waals surface area contributed by atoms with E-state index >= 15 is 0 Å². The molecule has 0 radical (unpaired) electrons. The summed E-state index contributed by atoms with van der Waals surface area (Å²) in [6, 6.07) is 4.92. The topological polar surface area (TPSA) is 117 Å². The van der Waals surface area contributed by atoms with Crippen LogP contribution in [-0.4, -0.2) is 49.9 Å². The van der Waals surface area contributed by atoms with E-state index in [9.17, 15) is 19.2 Å². The lowest BCUT2D eigenvalue weighted by Crippen LogP contribution is -2.53. The van der Waals surface area contributed by atoms with Crippen LogP contribution >= 0.6 is 11.6 Å². The van der Waals surface area contributed by atoms with Gasteiger partial charge in [0, 0.05) is 11.1 Å². The van der Waals surface area contributed by atoms with Crippen LogP contribution in [0.2, 0.25) is 5.02 Å². The smallest absolute Gasteiger partial charge is 0.408 e. The van der Waals surface area contributed by atoms with Crippen molar-refractivity contribution in [2.24, 2.45) is 5.41 Å². The Hall–Kier alpha value is -3.07. The normalized spacial score (nSPS) is 12.6. The number of allylic oxidation sites excluding steroid dienone is 1. The summed E-state index contributed by atoms with van der Waals surface area (Å²) in [6.45, 7) is 8.10. The van der Waals surface area contributed by atoms with Gasteiger partial charge in [-0.05, 0) is 58.7 Å². The average Bonchev–Trinajstić information content (AvgIpc) is 2.75. The van der Waals surface area contributed by atoms with Crippen LogP contribution in [-0.2, 0) is 33.3 Å². The molecule has 0 fully saturated rings. The van der Waals surface area contributed by atoms with E-state index in [2.05, 4.69) is 10.1 Å². The van der Waals surface area contributed by atoms with Crippen LogP contribution in [0.3, 0.4) is 0 Å². The molecule has 0 saturated carbocycles. The number of benzene rings is 1. The molecule has 0 spiro atoms. The zero-order valence-corrected chi connectivity index (χ0v) is 21.1. The maximum absolute atomic E-state index is 13.4. The van der Waals surface area contributed by atoms with Crippen molar-refractivity contribution in [1.82, 2.24) is 5.32 Å². The molecule has 1 aromatic carbocycles. The predicted molar refractivity (Wildman–Crippen MR) is 125 cm³/mol. The lowest BCUT2D eigenvalue weighted by Gasteiger charge is -2.36. The fraction of sp³-hybridized carbons (Fsp3) is 0.500. The van der Waals surface area contributed by atoms with Crippen molar-refractivity contribution in [3.8, 4) is 0 Å². The van der Waals surface area contributed by atoms with Gasteiger partial charge in [-0.1, -0.05) is 29.8 Å². The summed E-state index contributed by atoms with van der Waals surface area (Å²) in [5.74, 6) is -2.58. The molecule has 1 aromatic rings. The minimum atomic E-state index is -2.10. The Balaban J connectivity index is 3.76. The van der Waals surface area contributed by atoms with Gasteiger partial charge in [0.1, 0.15) is 5.60 Å². The van der Waals surface area contributed by atoms with E-state index in [-0.39, 0.29) is 19.6 Å². The van der Waals surface area contributed by atoms with Gasteiger partial charge in [0.25, 0.3) is 0 Å². The molecular weight excluding hydrogens is 466 g/mol. The number of rotatable bonds is 10. The van der Waals surface area contributed by atoms with Crippen LogP contribution < -0.4 is 5.32 Å². The quantitative estimate of drug-likeness (QED) is 0.222. The van der Waals surface area contributed by atoms with Gasteiger partial charge in [-0.2, -0.15) is 0 Å². The molecule has 0 aliphatic carbocycles. The lowest BCUT2D eigenvalue weighted by atomic mass is 9.73. The zero-order valence-electron chi connectivity index (χ0n) is 20.3. The van der Waals surface area contributed by atoms with Crippen LogP contribution in [0.1, 0.15) is 52.6 Å². The zero-order chi connectivity index (χ0) is 25.9. The molecule has 10 heteroatoms. The van der Waals surface area contributed by atoms with Crippen molar-refractivity contribution in [3.05, 3.63) is 47.0 Å². The summed E-state index contributed by atoms with van der Waals surface area (Å²) in [5, 5.41) is 3.03. The van der Waals surface area contributed by atoms with Crippen molar-refractivity contribution in [2.45, 2.75) is 52.7 Å². The number of esters is 3. The van der Waals surface area contributed by atoms with Gasteiger partial charge in [0.2, 0.25) is 0 Å². The number of carbonyl (C=O) groups excluding carboxylic acids is 4. The van der Waals surface area contributed by atoms with Gasteiger partial charge in [0.05, 0.1) is 26.4 Å². The first-order valence-electron chi connectivity index (χ1n) is 10.7. The molecule has 0 heterocycles. The van der Waals surface area contributed by atoms with E-state index in [1.807, 2.05) is 0 Å². The minimum absolute atomic E-state index is 0.0412. The number of alkyl carbamates (subject to hydrolysis) is 1. The van der Waals surface area contributed by atoms with Crippen molar-refractivity contribution in [2.75, 3.05) is 20.3 Å². The lowest BCUT2D eigenvalue weighted by molar-refractivity contribution is -0.174. The maximum Gasteiger partial charge on any atom is 0.408 e. The number of hydrogen-bond acceptors (Lipinski definition) is 8. The van der Waals surface area contributed by atoms with Gasteiger partial charge >= 0.3 is 24.0 Å². The van der Waals surface area contributed by atoms with Crippen molar-refractivity contribution in [1.29, 1.82) is 0 Å². The van der Waals surface area contributed by atoms with Crippen LogP contribution in [0.25, 0.3) is 0 Å². The number of nitrogens with one attached hydrogen (secondary N) is 1. The Morgan fingerprint density at radius 1 is 1.00 bits per heavy atom. The highest BCUT2D eigenvalue weighted by Gasteiger charge is 2.56. The van der Waals surface area contributed by atoms with Gasteiger partial charge in [-0.25, -0.2) is 9.59 Å². The molecule has 9 nitrogen and oxygen atoms in total. The summed E-state index contributed by atoms with van der Waals surface area (Å²) in [4.78, 5) is 51.2. The van der Waals surface area contributed by atoms with Crippen LogP contribution in [0.15, 0.2) is 36.4 Å². The third kappa shape index (κ3) is 8.06. The molecule has 0 aliphatic heterocycles. The molecule has 1 rings (SSSR count). The second-order valence-electron chi connectivity index (χ2n) is 8.17. The molecule has 34 heavy (non-hydrogen) atoms. The fourth-order valence-corrected chi connectivity index (χ4v) is 3.23. The molecule has 0 aliphatic rings. The second-order valence-corrected chi connectivity index (χ2v) is 8.61. The monoisotopic (exact) mass is 497 g/mol. The number of hydrogen-bond donors (Lipinski definition) is 1. The molecular formula is C24H32ClNO8. The largest absolute Gasteiger partial charge is 0.466 e. The SMILES string of the molecule is CCOC(=O)C(C/C=C/C(=O)OC)(C(=O)OCC)[C@H](NC(=O)OC(C)(C)C)c1ccc(Cl)cc1. The average molecular weight is 498 g/mol. The van der Waals surface area contributed by atoms with Crippen LogP contribution in [0.5, 0.6) is 0 Å². The highest BCUT2D eigenvalue weighted by atomic mass is 35.5. The van der Waals surface area contributed by atoms with Gasteiger partial charge < -0.3 is 24.3 Å². The Morgan fingerprint density at radius 2 is 1.53 bits per heavy atom. The Labute approximate surface area is 204 Å². The molecule has 0 saturated heterocycles. The second kappa shape index (κ2) is 13.0. The van der Waals surface area contributed by atoms with E-state index in [4.69, 9.17) is 25.8 Å². The van der Waals surface area contributed by atoms with Crippen molar-refractivity contribution < 1.29 is 38.1 Å². The van der Waals surface area contributed by atoms with Gasteiger partial charge in [-0.15, -0.1) is 0 Å². The summed E-state index contributed by atoms with van der Waals surface area (Å²) in [6.07, 6.45) is 1.14. The van der Waals surface area contributed by atoms with E-state index in [0.717, 1.165) is 6.08 Å². The Bertz CT molecular complexity index is 871. The van der Waals surface area contributed by atoms with Crippen LogP contribution in [0.4, 0.5) is 4.79 Å². The van der Waals surface area contributed by atoms with E-state index in [1.54, 1.807) is 58.9 Å². The number of ether oxygens (including phenoxy) is 4. The first-order chi connectivity index (χ1) is 15.9. The fourth-order valence-electron chi connectivity index (χ4n) is 3.10. The van der Waals surface area contributed by atoms with E-state index in [1.165, 1.54) is 13.2 Å². The molecule has 0 aromatic heterocycles. The maximum atomic E-state index is 13.4. The Kier molecular flexibility index (Phi) is 11.1. The first-order valence-corrected chi connectivity index (χ1v) is 11.1. The highest BCUT2D eigenvalue weighted by molar-refractivity contribution is 6.30. The molecule has 0 bridgehead atoms. The van der Waals surface area contributed by atoms with Crippen molar-refractivity contribution >= 4 is 35.6 Å². The summed E-state index contributed by atoms with van der Waals surface area (Å²) in [7, 11) is 1.19. The van der Waals surface area contributed by atoms with Gasteiger partial charge in [-0.3, -0.25) is 9.59 Å². The van der Waals surface area contributed by atoms with E-state index in [0.29, 0.717) is 10.6 Å². The number of carbonyl (C=O) groups is 4. The number of halogens is 1. The third-order valence-electron chi connectivity index (χ3n) is 4.53. The summed E-state index contributed by atoms with van der Waals surface area (Å²) >= 11 is 6.02. The van der Waals surface area contributed by atoms with Gasteiger partial charge in [0.15, 0.2) is 5.41 Å². The van der Waals surface area contributed by atoms with E-state index < -0.39 is 41.1 Å². The number of amides is 1. The molecule has 1 N–H and O–H groups in total. The highest BCUT2D eigenvalue weighted by Crippen LogP contribution is 2.41. The van der Waals surface area contributed by atoms with Crippen LogP contribution in [0, 0.1) is 5.41 Å². The number of methoxy groups -OCH3 is 1. The third-order valence-corrected chi connectivity index (χ3v) is 4.78. The molecule has 188 valence electrons. The minimum Gasteiger partial charge on any atom is -0.466 e. The summed E-state index contributed by atoms with van der Waals surface area (Å²) in [5.41, 5.74) is -2.58. The predicted octanol–water partition coefficient (Wildman–Crippen LogP) is 4.14. The molecule has 0 unspecified atom stereocenters. The van der Waals surface area contributed by atoms with Crippen molar-refractivity contribution in [3.63, 3.8) is 0 Å². The Morgan fingerprint density at radius 3 is 1.97 bits per heavy atom. The summed E-state index contributed by atoms with van der Waals surface area (Å²) < 4.78 is 20.5. The standard InChI is InChI=1S/C24H32ClNO8/c1-7-32-20(28)24(21(29)33-8-2,15-9-10-18(27)31-6)19(16-11-13-17(25)14-12-16)26-22(30)34-23(3,4)5/h9-14,19H,7-8,15H2,1-6H3,(H,26,30)/b10-9+/t19-/m1/s1.